The van der Waals surface area contributed by atoms with Gasteiger partial charge in [-0.05, 0) is 12.5 Å². The van der Waals surface area contributed by atoms with Crippen molar-refractivity contribution in [3.63, 3.8) is 0 Å². The van der Waals surface area contributed by atoms with Crippen LogP contribution in [0.1, 0.15) is 12.5 Å². The lowest BCUT2D eigenvalue weighted by atomic mass is 9.92. The van der Waals surface area contributed by atoms with Gasteiger partial charge in [0.1, 0.15) is 0 Å². The van der Waals surface area contributed by atoms with Crippen LogP contribution in [0.3, 0.4) is 0 Å². The van der Waals surface area contributed by atoms with Crippen LogP contribution < -0.4 is 5.32 Å². The zero-order chi connectivity index (χ0) is 15.4. The Morgan fingerprint density at radius 2 is 1.85 bits per heavy atom. The fourth-order valence-corrected chi connectivity index (χ4v) is 1.73. The fraction of sp³-hybridized carbons (Fsp3) is 0.462. The average Bonchev–Trinajstić information content (AvgIpc) is 2.37. The van der Waals surface area contributed by atoms with Gasteiger partial charge >= 0.3 is 12.1 Å². The first-order valence-corrected chi connectivity index (χ1v) is 5.91. The zero-order valence-electron chi connectivity index (χ0n) is 10.8. The molecule has 3 N–H and O–H groups in total. The number of halogens is 3. The monoisotopic (exact) mass is 291 g/mol. The summed E-state index contributed by atoms with van der Waals surface area (Å²) in [4.78, 5) is 10.7. The lowest BCUT2D eigenvalue weighted by molar-refractivity contribution is -0.193. The van der Waals surface area contributed by atoms with Gasteiger partial charge in [0.2, 0.25) is 0 Å². The molecule has 1 aromatic rings. The molecule has 0 aliphatic carbocycles. The molecule has 112 valence electrons. The van der Waals surface area contributed by atoms with Gasteiger partial charge < -0.3 is 15.5 Å². The molecule has 20 heavy (non-hydrogen) atoms. The number of alkyl halides is 3. The van der Waals surface area contributed by atoms with Gasteiger partial charge in [-0.25, -0.2) is 0 Å². The van der Waals surface area contributed by atoms with Crippen molar-refractivity contribution >= 4 is 5.97 Å². The molecule has 7 heteroatoms. The highest BCUT2D eigenvalue weighted by atomic mass is 19.4. The van der Waals surface area contributed by atoms with E-state index in [9.17, 15) is 23.1 Å². The molecule has 0 spiro atoms. The minimum absolute atomic E-state index is 0.457. The van der Waals surface area contributed by atoms with E-state index in [0.29, 0.717) is 5.56 Å². The second-order valence-corrected chi connectivity index (χ2v) is 4.67. The van der Waals surface area contributed by atoms with E-state index in [1.165, 1.54) is 6.92 Å². The third-order valence-electron chi connectivity index (χ3n) is 3.12. The molecular formula is C13H16F3NO3. The van der Waals surface area contributed by atoms with E-state index in [-0.39, 0.29) is 0 Å². The van der Waals surface area contributed by atoms with Crippen LogP contribution in [0.25, 0.3) is 0 Å². The van der Waals surface area contributed by atoms with Crippen LogP contribution in [0.15, 0.2) is 30.3 Å². The van der Waals surface area contributed by atoms with Crippen molar-refractivity contribution in [2.24, 2.45) is 5.92 Å². The number of carbonyl (C=O) groups is 1. The van der Waals surface area contributed by atoms with Gasteiger partial charge in [0, 0.05) is 6.54 Å². The predicted molar refractivity (Wildman–Crippen MR) is 66.1 cm³/mol. The molecule has 0 saturated heterocycles. The average molecular weight is 291 g/mol. The van der Waals surface area contributed by atoms with Crippen LogP contribution in [-0.2, 0) is 10.3 Å². The van der Waals surface area contributed by atoms with Crippen molar-refractivity contribution in [1.29, 1.82) is 0 Å². The van der Waals surface area contributed by atoms with Crippen molar-refractivity contribution in [3.05, 3.63) is 35.9 Å². The van der Waals surface area contributed by atoms with E-state index in [0.717, 1.165) is 0 Å². The number of hydrogen-bond acceptors (Lipinski definition) is 3. The highest BCUT2D eigenvalue weighted by molar-refractivity contribution is 5.71. The standard InChI is InChI=1S/C13H16F3NO3/c1-12(8-18,9-5-3-2-4-6-9)17-7-10(11(19)20)13(14,15)16/h2-6,10,17-18H,7-8H2,1H3,(H,19,20). The number of carboxylic acids is 1. The SMILES string of the molecule is CC(CO)(NCC(C(=O)O)C(F)(F)F)c1ccccc1. The smallest absolute Gasteiger partial charge is 0.403 e. The Bertz CT molecular complexity index is 450. The van der Waals surface area contributed by atoms with E-state index in [1.54, 1.807) is 30.3 Å². The lowest BCUT2D eigenvalue weighted by Gasteiger charge is -2.31. The summed E-state index contributed by atoms with van der Waals surface area (Å²) in [6, 6.07) is 8.39. The lowest BCUT2D eigenvalue weighted by Crippen LogP contribution is -2.49. The summed E-state index contributed by atoms with van der Waals surface area (Å²) < 4.78 is 37.7. The van der Waals surface area contributed by atoms with E-state index in [1.807, 2.05) is 0 Å². The highest BCUT2D eigenvalue weighted by Gasteiger charge is 2.45. The molecule has 0 fully saturated rings. The largest absolute Gasteiger partial charge is 0.481 e. The maximum absolute atomic E-state index is 12.6. The van der Waals surface area contributed by atoms with Crippen LogP contribution in [0.4, 0.5) is 13.2 Å². The molecule has 0 aromatic heterocycles. The van der Waals surface area contributed by atoms with Gasteiger partial charge in [-0.15, -0.1) is 0 Å². The first-order chi connectivity index (χ1) is 9.20. The Kier molecular flexibility index (Phi) is 5.13. The van der Waals surface area contributed by atoms with Gasteiger partial charge in [0.15, 0.2) is 5.92 Å². The Labute approximate surface area is 114 Å². The molecule has 1 rings (SSSR count). The van der Waals surface area contributed by atoms with Crippen molar-refractivity contribution in [1.82, 2.24) is 5.32 Å². The minimum Gasteiger partial charge on any atom is -0.481 e. The molecule has 0 saturated carbocycles. The van der Waals surface area contributed by atoms with Crippen LogP contribution in [0, 0.1) is 5.92 Å². The van der Waals surface area contributed by atoms with Crippen molar-refractivity contribution in [2.45, 2.75) is 18.6 Å². The van der Waals surface area contributed by atoms with Crippen LogP contribution >= 0.6 is 0 Å². The molecule has 2 atom stereocenters. The van der Waals surface area contributed by atoms with Crippen LogP contribution in [0.2, 0.25) is 0 Å². The van der Waals surface area contributed by atoms with Crippen LogP contribution in [-0.4, -0.2) is 35.5 Å². The molecule has 2 unspecified atom stereocenters. The number of benzene rings is 1. The number of nitrogens with one attached hydrogen (secondary N) is 1. The Hall–Kier alpha value is -1.60. The highest BCUT2D eigenvalue weighted by Crippen LogP contribution is 2.27. The summed E-state index contributed by atoms with van der Waals surface area (Å²) in [5.41, 5.74) is -0.561. The quantitative estimate of drug-likeness (QED) is 0.747. The molecular weight excluding hydrogens is 275 g/mol. The zero-order valence-corrected chi connectivity index (χ0v) is 10.8. The predicted octanol–water partition coefficient (Wildman–Crippen LogP) is 1.75. The van der Waals surface area contributed by atoms with E-state index >= 15 is 0 Å². The molecule has 0 heterocycles. The minimum atomic E-state index is -4.84. The summed E-state index contributed by atoms with van der Waals surface area (Å²) >= 11 is 0. The van der Waals surface area contributed by atoms with E-state index < -0.39 is 36.8 Å². The number of hydrogen-bond donors (Lipinski definition) is 3. The number of aliphatic hydroxyl groups excluding tert-OH is 1. The third kappa shape index (κ3) is 3.94. The maximum Gasteiger partial charge on any atom is 0.403 e. The molecule has 0 aliphatic heterocycles. The van der Waals surface area contributed by atoms with Gasteiger partial charge in [0.25, 0.3) is 0 Å². The molecule has 0 amide bonds. The van der Waals surface area contributed by atoms with Crippen LogP contribution in [0.5, 0.6) is 0 Å². The summed E-state index contributed by atoms with van der Waals surface area (Å²) in [7, 11) is 0. The Morgan fingerprint density at radius 1 is 1.30 bits per heavy atom. The Morgan fingerprint density at radius 3 is 2.25 bits per heavy atom. The molecule has 0 radical (unpaired) electrons. The van der Waals surface area contributed by atoms with Gasteiger partial charge in [-0.2, -0.15) is 13.2 Å². The molecule has 1 aromatic carbocycles. The summed E-state index contributed by atoms with van der Waals surface area (Å²) in [6.07, 6.45) is -4.84. The van der Waals surface area contributed by atoms with Gasteiger partial charge in [-0.3, -0.25) is 4.79 Å². The summed E-state index contributed by atoms with van der Waals surface area (Å²) in [5, 5.41) is 20.5. The van der Waals surface area contributed by atoms with E-state index in [4.69, 9.17) is 5.11 Å². The number of aliphatic hydroxyl groups is 1. The summed E-state index contributed by atoms with van der Waals surface area (Å²) in [5.74, 6) is -4.46. The van der Waals surface area contributed by atoms with Crippen molar-refractivity contribution < 1.29 is 28.2 Å². The second-order valence-electron chi connectivity index (χ2n) is 4.67. The number of carboxylic acid groups (broad SMARTS) is 1. The van der Waals surface area contributed by atoms with Crippen molar-refractivity contribution in [2.75, 3.05) is 13.2 Å². The summed E-state index contributed by atoms with van der Waals surface area (Å²) in [6.45, 7) is 0.240. The maximum atomic E-state index is 12.6. The van der Waals surface area contributed by atoms with Crippen molar-refractivity contribution in [3.8, 4) is 0 Å². The number of aliphatic carboxylic acids is 1. The Balaban J connectivity index is 2.86. The van der Waals surface area contributed by atoms with Gasteiger partial charge in [0.05, 0.1) is 12.1 Å². The third-order valence-corrected chi connectivity index (χ3v) is 3.12. The normalized spacial score (nSPS) is 16.4. The fourth-order valence-electron chi connectivity index (χ4n) is 1.73. The van der Waals surface area contributed by atoms with Gasteiger partial charge in [-0.1, -0.05) is 30.3 Å². The van der Waals surface area contributed by atoms with E-state index in [2.05, 4.69) is 5.32 Å². The first-order valence-electron chi connectivity index (χ1n) is 5.91. The second kappa shape index (κ2) is 6.23. The molecule has 0 bridgehead atoms. The molecule has 4 nitrogen and oxygen atoms in total. The molecule has 0 aliphatic rings. The first kappa shape index (κ1) is 16.5. The topological polar surface area (TPSA) is 69.6 Å². The number of rotatable bonds is 6.